The Labute approximate surface area is 120 Å². The summed E-state index contributed by atoms with van der Waals surface area (Å²) in [5.41, 5.74) is 0.517. The highest BCUT2D eigenvalue weighted by Gasteiger charge is 2.19. The van der Waals surface area contributed by atoms with Gasteiger partial charge in [-0.15, -0.1) is 0 Å². The number of rotatable bonds is 4. The second kappa shape index (κ2) is 5.82. The van der Waals surface area contributed by atoms with Crippen LogP contribution in [0.25, 0.3) is 0 Å². The summed E-state index contributed by atoms with van der Waals surface area (Å²) in [5, 5.41) is -0.0397. The van der Waals surface area contributed by atoms with Gasteiger partial charge in [0.05, 0.1) is 12.4 Å². The minimum Gasteiger partial charge on any atom is -0.225 e. The first-order chi connectivity index (χ1) is 9.38. The highest BCUT2D eigenvalue weighted by Crippen LogP contribution is 2.17. The summed E-state index contributed by atoms with van der Waals surface area (Å²) in [6, 6.07) is 5.12. The Kier molecular flexibility index (Phi) is 4.32. The third-order valence-electron chi connectivity index (χ3n) is 2.59. The predicted octanol–water partition coefficient (Wildman–Crippen LogP) is 2.31. The van der Waals surface area contributed by atoms with Crippen LogP contribution >= 0.6 is 11.6 Å². The predicted molar refractivity (Wildman–Crippen MR) is 72.2 cm³/mol. The molecule has 8 heteroatoms. The quantitative estimate of drug-likeness (QED) is 0.879. The molecule has 2 rings (SSSR count). The van der Waals surface area contributed by atoms with E-state index in [0.29, 0.717) is 5.56 Å². The monoisotopic (exact) mass is 315 g/mol. The SMILES string of the molecule is CC(NS(=O)(=O)c1cnc(Cl)nc1)c1cccc(F)c1. The first-order valence-corrected chi connectivity index (χ1v) is 7.50. The van der Waals surface area contributed by atoms with Crippen LogP contribution in [0.2, 0.25) is 5.28 Å². The van der Waals surface area contributed by atoms with Crippen LogP contribution in [-0.4, -0.2) is 18.4 Å². The molecule has 0 saturated heterocycles. The van der Waals surface area contributed by atoms with E-state index >= 15 is 0 Å². The fourth-order valence-electron chi connectivity index (χ4n) is 1.58. The maximum absolute atomic E-state index is 13.1. The highest BCUT2D eigenvalue weighted by molar-refractivity contribution is 7.89. The van der Waals surface area contributed by atoms with E-state index in [1.165, 1.54) is 18.2 Å². The third-order valence-corrected chi connectivity index (χ3v) is 4.28. The summed E-state index contributed by atoms with van der Waals surface area (Å²) in [5.74, 6) is -0.427. The fraction of sp³-hybridized carbons (Fsp3) is 0.167. The zero-order valence-electron chi connectivity index (χ0n) is 10.4. The lowest BCUT2D eigenvalue weighted by atomic mass is 10.1. The molecule has 5 nitrogen and oxygen atoms in total. The van der Waals surface area contributed by atoms with Gasteiger partial charge in [0.15, 0.2) is 0 Å². The first kappa shape index (κ1) is 14.8. The molecule has 0 saturated carbocycles. The molecule has 1 heterocycles. The first-order valence-electron chi connectivity index (χ1n) is 5.64. The van der Waals surface area contributed by atoms with Crippen LogP contribution in [0.4, 0.5) is 4.39 Å². The summed E-state index contributed by atoms with van der Waals surface area (Å²) in [7, 11) is -3.79. The van der Waals surface area contributed by atoms with Gasteiger partial charge in [0, 0.05) is 6.04 Å². The van der Waals surface area contributed by atoms with Gasteiger partial charge < -0.3 is 0 Å². The van der Waals surface area contributed by atoms with Gasteiger partial charge in [-0.2, -0.15) is 0 Å². The highest BCUT2D eigenvalue weighted by atomic mass is 35.5. The Morgan fingerprint density at radius 2 is 1.95 bits per heavy atom. The van der Waals surface area contributed by atoms with E-state index in [4.69, 9.17) is 11.6 Å². The molecule has 106 valence electrons. The van der Waals surface area contributed by atoms with Crippen LogP contribution in [0.5, 0.6) is 0 Å². The van der Waals surface area contributed by atoms with Gasteiger partial charge in [0.2, 0.25) is 15.3 Å². The lowest BCUT2D eigenvalue weighted by Gasteiger charge is -2.14. The molecule has 1 N–H and O–H groups in total. The number of halogens is 2. The molecule has 0 spiro atoms. The van der Waals surface area contributed by atoms with Crippen molar-refractivity contribution in [3.63, 3.8) is 0 Å². The van der Waals surface area contributed by atoms with E-state index in [2.05, 4.69) is 14.7 Å². The summed E-state index contributed by atoms with van der Waals surface area (Å²) in [4.78, 5) is 7.12. The van der Waals surface area contributed by atoms with Gasteiger partial charge >= 0.3 is 0 Å². The Morgan fingerprint density at radius 1 is 1.30 bits per heavy atom. The molecule has 0 amide bonds. The third kappa shape index (κ3) is 3.50. The second-order valence-electron chi connectivity index (χ2n) is 4.09. The standard InChI is InChI=1S/C12H11ClFN3O2S/c1-8(9-3-2-4-10(14)5-9)17-20(18,19)11-6-15-12(13)16-7-11/h2-8,17H,1H3. The van der Waals surface area contributed by atoms with E-state index in [-0.39, 0.29) is 10.2 Å². The topological polar surface area (TPSA) is 72.0 Å². The van der Waals surface area contributed by atoms with Gasteiger partial charge in [-0.25, -0.2) is 27.5 Å². The smallest absolute Gasteiger partial charge is 0.225 e. The largest absolute Gasteiger partial charge is 0.244 e. The number of hydrogen-bond donors (Lipinski definition) is 1. The van der Waals surface area contributed by atoms with Crippen LogP contribution in [0, 0.1) is 5.82 Å². The maximum atomic E-state index is 13.1. The van der Waals surface area contributed by atoms with Crippen molar-refractivity contribution < 1.29 is 12.8 Å². The average Bonchev–Trinajstić information content (AvgIpc) is 2.38. The minimum atomic E-state index is -3.79. The Morgan fingerprint density at radius 3 is 2.55 bits per heavy atom. The Hall–Kier alpha value is -1.57. The number of hydrogen-bond acceptors (Lipinski definition) is 4. The van der Waals surface area contributed by atoms with Crippen molar-refractivity contribution in [1.29, 1.82) is 0 Å². The maximum Gasteiger partial charge on any atom is 0.244 e. The second-order valence-corrected chi connectivity index (χ2v) is 6.14. The molecule has 0 aliphatic rings. The molecule has 2 aromatic rings. The molecular formula is C12H11ClFN3O2S. The zero-order valence-corrected chi connectivity index (χ0v) is 12.0. The van der Waals surface area contributed by atoms with Crippen molar-refractivity contribution in [3.05, 3.63) is 53.3 Å². The van der Waals surface area contributed by atoms with Crippen molar-refractivity contribution in [2.45, 2.75) is 17.9 Å². The number of sulfonamides is 1. The molecule has 1 aromatic heterocycles. The van der Waals surface area contributed by atoms with Gasteiger partial charge in [0.1, 0.15) is 10.7 Å². The van der Waals surface area contributed by atoms with E-state index in [0.717, 1.165) is 12.4 Å². The van der Waals surface area contributed by atoms with Crippen LogP contribution in [0.1, 0.15) is 18.5 Å². The molecule has 1 atom stereocenters. The Bertz CT molecular complexity index is 707. The van der Waals surface area contributed by atoms with Crippen molar-refractivity contribution in [1.82, 2.24) is 14.7 Å². The molecule has 0 aliphatic carbocycles. The van der Waals surface area contributed by atoms with Crippen LogP contribution in [-0.2, 0) is 10.0 Å². The molecular weight excluding hydrogens is 305 g/mol. The molecule has 20 heavy (non-hydrogen) atoms. The Balaban J connectivity index is 2.22. The van der Waals surface area contributed by atoms with E-state index < -0.39 is 21.9 Å². The van der Waals surface area contributed by atoms with E-state index in [1.54, 1.807) is 13.0 Å². The molecule has 0 bridgehead atoms. The van der Waals surface area contributed by atoms with Gasteiger partial charge in [-0.05, 0) is 36.2 Å². The van der Waals surface area contributed by atoms with Crippen LogP contribution in [0.15, 0.2) is 41.6 Å². The van der Waals surface area contributed by atoms with E-state index in [9.17, 15) is 12.8 Å². The summed E-state index contributed by atoms with van der Waals surface area (Å²) < 4.78 is 39.7. The van der Waals surface area contributed by atoms with Gasteiger partial charge in [-0.3, -0.25) is 0 Å². The molecule has 0 fully saturated rings. The number of aromatic nitrogens is 2. The number of nitrogens with zero attached hydrogens (tertiary/aromatic N) is 2. The number of nitrogens with one attached hydrogen (secondary N) is 1. The van der Waals surface area contributed by atoms with Crippen LogP contribution < -0.4 is 4.72 Å². The lowest BCUT2D eigenvalue weighted by molar-refractivity contribution is 0.563. The van der Waals surface area contributed by atoms with Gasteiger partial charge in [-0.1, -0.05) is 12.1 Å². The van der Waals surface area contributed by atoms with Gasteiger partial charge in [0.25, 0.3) is 0 Å². The van der Waals surface area contributed by atoms with Crippen molar-refractivity contribution in [2.24, 2.45) is 0 Å². The normalized spacial score (nSPS) is 13.2. The lowest BCUT2D eigenvalue weighted by Crippen LogP contribution is -2.27. The van der Waals surface area contributed by atoms with Crippen molar-refractivity contribution >= 4 is 21.6 Å². The fourth-order valence-corrected chi connectivity index (χ4v) is 2.80. The van der Waals surface area contributed by atoms with Crippen molar-refractivity contribution in [2.75, 3.05) is 0 Å². The van der Waals surface area contributed by atoms with Crippen molar-refractivity contribution in [3.8, 4) is 0 Å². The zero-order chi connectivity index (χ0) is 14.8. The van der Waals surface area contributed by atoms with Crippen LogP contribution in [0.3, 0.4) is 0 Å². The summed E-state index contributed by atoms with van der Waals surface area (Å²) in [6.45, 7) is 1.61. The molecule has 1 aromatic carbocycles. The summed E-state index contributed by atoms with van der Waals surface area (Å²) >= 11 is 5.50. The minimum absolute atomic E-state index is 0.0397. The molecule has 0 radical (unpaired) electrons. The molecule has 1 unspecified atom stereocenters. The summed E-state index contributed by atoms with van der Waals surface area (Å²) in [6.07, 6.45) is 2.21. The number of benzene rings is 1. The van der Waals surface area contributed by atoms with E-state index in [1.807, 2.05) is 0 Å². The average molecular weight is 316 g/mol. The molecule has 0 aliphatic heterocycles.